The van der Waals surface area contributed by atoms with Crippen molar-refractivity contribution in [1.82, 2.24) is 19.7 Å². The van der Waals surface area contributed by atoms with Crippen LogP contribution in [0.3, 0.4) is 0 Å². The Morgan fingerprint density at radius 3 is 2.45 bits per heavy atom. The Morgan fingerprint density at radius 1 is 1.07 bits per heavy atom. The number of carboxylic acid groups (broad SMARTS) is 1. The lowest BCUT2D eigenvalue weighted by molar-refractivity contribution is -0.166. The average Bonchev–Trinajstić information content (AvgIpc) is 3.69. The molecule has 0 spiro atoms. The van der Waals surface area contributed by atoms with Crippen molar-refractivity contribution in [2.45, 2.75) is 51.5 Å². The predicted octanol–water partition coefficient (Wildman–Crippen LogP) is 7.33. The zero-order valence-corrected chi connectivity index (χ0v) is 22.1. The minimum atomic E-state index is -3.98. The molecule has 204 valence electrons. The van der Waals surface area contributed by atoms with Crippen molar-refractivity contribution in [3.05, 3.63) is 89.8 Å². The number of carbonyl (C=O) groups is 1. The molecule has 1 fully saturated rings. The Balaban J connectivity index is 1.56. The molecule has 0 radical (unpaired) electrons. The van der Waals surface area contributed by atoms with E-state index in [1.54, 1.807) is 18.3 Å². The highest BCUT2D eigenvalue weighted by atomic mass is 19.3. The lowest BCUT2D eigenvalue weighted by atomic mass is 9.94. The lowest BCUT2D eigenvalue weighted by Gasteiger charge is -2.25. The Labute approximate surface area is 229 Å². The molecule has 1 atom stereocenters. The van der Waals surface area contributed by atoms with Gasteiger partial charge >= 0.3 is 11.9 Å². The number of pyridine rings is 2. The van der Waals surface area contributed by atoms with E-state index >= 15 is 0 Å². The Hall–Kier alpha value is -4.40. The second-order valence-electron chi connectivity index (χ2n) is 10.4. The molecule has 1 aliphatic carbocycles. The van der Waals surface area contributed by atoms with E-state index in [1.807, 2.05) is 50.5 Å². The summed E-state index contributed by atoms with van der Waals surface area (Å²) in [5.41, 5.74) is 5.07. The topological polar surface area (TPSA) is 94.0 Å². The van der Waals surface area contributed by atoms with Gasteiger partial charge in [-0.3, -0.25) is 4.98 Å². The number of aryl methyl sites for hydroxylation is 2. The van der Waals surface area contributed by atoms with Crippen molar-refractivity contribution in [1.29, 1.82) is 0 Å². The molecule has 1 aliphatic rings. The van der Waals surface area contributed by atoms with Gasteiger partial charge in [0.1, 0.15) is 11.4 Å². The summed E-state index contributed by atoms with van der Waals surface area (Å²) in [4.78, 5) is 20.8. The van der Waals surface area contributed by atoms with Crippen LogP contribution in [-0.4, -0.2) is 30.8 Å². The smallest absolute Gasteiger partial charge is 0.379 e. The quantitative estimate of drug-likeness (QED) is 0.231. The van der Waals surface area contributed by atoms with Crippen molar-refractivity contribution >= 4 is 17.0 Å². The van der Waals surface area contributed by atoms with Gasteiger partial charge in [-0.25, -0.2) is 9.78 Å². The highest BCUT2D eigenvalue weighted by Crippen LogP contribution is 2.43. The van der Waals surface area contributed by atoms with Gasteiger partial charge in [0.2, 0.25) is 0 Å². The number of benzene rings is 1. The number of nitrogens with zero attached hydrogens (tertiary/aromatic N) is 4. The largest absolute Gasteiger partial charge is 0.477 e. The fourth-order valence-corrected chi connectivity index (χ4v) is 6.02. The maximum Gasteiger partial charge on any atom is 0.379 e. The highest BCUT2D eigenvalue weighted by Gasteiger charge is 2.41. The summed E-state index contributed by atoms with van der Waals surface area (Å²) in [6.07, 6.45) is 10.1. The third-order valence-electron chi connectivity index (χ3n) is 7.96. The van der Waals surface area contributed by atoms with Crippen LogP contribution in [0.2, 0.25) is 0 Å². The van der Waals surface area contributed by atoms with Gasteiger partial charge in [0.15, 0.2) is 0 Å². The Kier molecular flexibility index (Phi) is 6.44. The summed E-state index contributed by atoms with van der Waals surface area (Å²) in [5, 5.41) is 13.9. The van der Waals surface area contributed by atoms with E-state index in [-0.39, 0.29) is 6.04 Å². The molecule has 1 N–H and O–H groups in total. The third-order valence-corrected chi connectivity index (χ3v) is 7.96. The molecule has 1 aromatic carbocycles. The van der Waals surface area contributed by atoms with Gasteiger partial charge in [-0.15, -0.1) is 0 Å². The van der Waals surface area contributed by atoms with E-state index < -0.39 is 17.5 Å². The molecule has 9 heteroatoms. The van der Waals surface area contributed by atoms with Crippen molar-refractivity contribution in [2.24, 2.45) is 5.92 Å². The van der Waals surface area contributed by atoms with Gasteiger partial charge in [-0.1, -0.05) is 48.3 Å². The van der Waals surface area contributed by atoms with Crippen molar-refractivity contribution < 1.29 is 23.2 Å². The van der Waals surface area contributed by atoms with Gasteiger partial charge < -0.3 is 14.2 Å². The summed E-state index contributed by atoms with van der Waals surface area (Å²) in [6.45, 7) is 3.73. The first kappa shape index (κ1) is 25.9. The number of rotatable bonds is 7. The minimum absolute atomic E-state index is 0.0482. The number of aliphatic carboxylic acids is 1. The molecule has 0 aliphatic heterocycles. The van der Waals surface area contributed by atoms with Crippen LogP contribution in [-0.2, 0) is 10.7 Å². The van der Waals surface area contributed by atoms with Crippen LogP contribution in [0, 0.1) is 19.8 Å². The molecule has 1 unspecified atom stereocenters. The normalized spacial score (nSPS) is 15.1. The highest BCUT2D eigenvalue weighted by molar-refractivity contribution is 5.97. The standard InChI is InChI=1S/C31H28F2N4O3/c1-18-27(19(2)40-36-18)22-15-24-25(20-10-12-23(13-11-20)31(32,33)30(38)39)17-37(29(24)35-16-22)28(21-7-3-4-8-21)26-9-5-6-14-34-26/h5-6,9-17,21,28H,3-4,7-8H2,1-2H3,(H,38,39). The number of hydrogen-bond acceptors (Lipinski definition) is 5. The van der Waals surface area contributed by atoms with E-state index in [4.69, 9.17) is 19.6 Å². The summed E-state index contributed by atoms with van der Waals surface area (Å²) in [5.74, 6) is -5.10. The zero-order valence-electron chi connectivity index (χ0n) is 22.1. The van der Waals surface area contributed by atoms with Crippen molar-refractivity contribution in [3.8, 4) is 22.3 Å². The summed E-state index contributed by atoms with van der Waals surface area (Å²) >= 11 is 0. The first-order valence-electron chi connectivity index (χ1n) is 13.3. The number of carboxylic acids is 1. The summed E-state index contributed by atoms with van der Waals surface area (Å²) in [6, 6.07) is 13.3. The fourth-order valence-electron chi connectivity index (χ4n) is 6.02. The van der Waals surface area contributed by atoms with Gasteiger partial charge in [0, 0.05) is 46.2 Å². The number of hydrogen-bond donors (Lipinski definition) is 1. The number of alkyl halides is 2. The van der Waals surface area contributed by atoms with E-state index in [1.165, 1.54) is 12.1 Å². The molecule has 6 rings (SSSR count). The first-order valence-corrected chi connectivity index (χ1v) is 13.3. The lowest BCUT2D eigenvalue weighted by Crippen LogP contribution is -2.25. The number of halogens is 2. The molecule has 40 heavy (non-hydrogen) atoms. The molecule has 7 nitrogen and oxygen atoms in total. The Bertz CT molecular complexity index is 1670. The molecule has 4 heterocycles. The fraction of sp³-hybridized carbons (Fsp3) is 0.290. The van der Waals surface area contributed by atoms with Gasteiger partial charge in [-0.2, -0.15) is 8.78 Å². The SMILES string of the molecule is Cc1noc(C)c1-c1cnc2c(c1)c(-c1ccc(C(F)(F)C(=O)O)cc1)cn2C(c1ccccn1)C1CCCC1. The molecule has 1 saturated carbocycles. The van der Waals surface area contributed by atoms with Gasteiger partial charge in [0.05, 0.1) is 17.4 Å². The van der Waals surface area contributed by atoms with Gasteiger partial charge in [0.25, 0.3) is 0 Å². The van der Waals surface area contributed by atoms with Crippen LogP contribution in [0.1, 0.15) is 54.4 Å². The van der Waals surface area contributed by atoms with E-state index in [0.717, 1.165) is 64.8 Å². The molecular formula is C31H28F2N4O3. The summed E-state index contributed by atoms with van der Waals surface area (Å²) < 4.78 is 35.9. The number of aromatic nitrogens is 4. The Morgan fingerprint density at radius 2 is 1.82 bits per heavy atom. The van der Waals surface area contributed by atoms with Crippen LogP contribution in [0.4, 0.5) is 8.78 Å². The summed E-state index contributed by atoms with van der Waals surface area (Å²) in [7, 11) is 0. The second-order valence-corrected chi connectivity index (χ2v) is 10.4. The number of fused-ring (bicyclic) bond motifs is 1. The third kappa shape index (κ3) is 4.35. The van der Waals surface area contributed by atoms with Crippen molar-refractivity contribution in [3.63, 3.8) is 0 Å². The average molecular weight is 543 g/mol. The minimum Gasteiger partial charge on any atom is -0.477 e. The van der Waals surface area contributed by atoms with Crippen LogP contribution in [0.5, 0.6) is 0 Å². The second kappa shape index (κ2) is 9.97. The molecule has 4 aromatic heterocycles. The first-order chi connectivity index (χ1) is 19.3. The van der Waals surface area contributed by atoms with E-state index in [9.17, 15) is 13.6 Å². The van der Waals surface area contributed by atoms with Gasteiger partial charge in [-0.05, 0) is 56.4 Å². The molecule has 0 saturated heterocycles. The zero-order chi connectivity index (χ0) is 28.0. The maximum absolute atomic E-state index is 14.2. The van der Waals surface area contributed by atoms with Crippen LogP contribution in [0.25, 0.3) is 33.3 Å². The van der Waals surface area contributed by atoms with Crippen molar-refractivity contribution in [2.75, 3.05) is 0 Å². The predicted molar refractivity (Wildman–Crippen MR) is 146 cm³/mol. The molecular weight excluding hydrogens is 514 g/mol. The monoisotopic (exact) mass is 542 g/mol. The molecule has 5 aromatic rings. The van der Waals surface area contributed by atoms with Crippen LogP contribution < -0.4 is 0 Å². The maximum atomic E-state index is 14.2. The van der Waals surface area contributed by atoms with E-state index in [0.29, 0.717) is 17.2 Å². The molecule has 0 amide bonds. The van der Waals surface area contributed by atoms with E-state index in [2.05, 4.69) is 9.72 Å². The molecule has 0 bridgehead atoms. The van der Waals surface area contributed by atoms with Crippen LogP contribution in [0.15, 0.2) is 71.6 Å². The van der Waals surface area contributed by atoms with Crippen LogP contribution >= 0.6 is 0 Å².